The predicted octanol–water partition coefficient (Wildman–Crippen LogP) is 5.45. The fourth-order valence-corrected chi connectivity index (χ4v) is 3.76. The molecule has 1 aliphatic heterocycles. The number of amides is 1. The van der Waals surface area contributed by atoms with Crippen molar-refractivity contribution in [1.29, 1.82) is 0 Å². The van der Waals surface area contributed by atoms with Crippen LogP contribution >= 0.6 is 35.6 Å². The highest BCUT2D eigenvalue weighted by Gasteiger charge is 2.33. The standard InChI is InChI=1S/C19H13ClFNO2S2/c1-2-9-24-14-6-3-12(4-7-14)10-17-18(23)22(19(25)26-17)13-5-8-16(21)15(20)11-13/h2-8,10-11H,1,9H2/b17-10-. The van der Waals surface area contributed by atoms with Gasteiger partial charge in [-0.25, -0.2) is 4.39 Å². The summed E-state index contributed by atoms with van der Waals surface area (Å²) in [5.74, 6) is -0.0969. The second-order valence-electron chi connectivity index (χ2n) is 5.28. The van der Waals surface area contributed by atoms with Gasteiger partial charge >= 0.3 is 0 Å². The van der Waals surface area contributed by atoms with Gasteiger partial charge in [0.1, 0.15) is 18.2 Å². The lowest BCUT2D eigenvalue weighted by atomic mass is 10.2. The molecular weight excluding hydrogens is 393 g/mol. The summed E-state index contributed by atoms with van der Waals surface area (Å²) >= 11 is 12.3. The van der Waals surface area contributed by atoms with Crippen LogP contribution in [-0.2, 0) is 4.79 Å². The van der Waals surface area contributed by atoms with Crippen molar-refractivity contribution in [3.8, 4) is 5.75 Å². The predicted molar refractivity (Wildman–Crippen MR) is 109 cm³/mol. The first-order valence-electron chi connectivity index (χ1n) is 7.56. The molecule has 1 amide bonds. The number of carbonyl (C=O) groups excluding carboxylic acids is 1. The zero-order valence-corrected chi connectivity index (χ0v) is 15.8. The smallest absolute Gasteiger partial charge is 0.270 e. The van der Waals surface area contributed by atoms with Crippen LogP contribution in [0.1, 0.15) is 5.56 Å². The van der Waals surface area contributed by atoms with E-state index in [1.807, 2.05) is 24.3 Å². The van der Waals surface area contributed by atoms with E-state index in [-0.39, 0.29) is 10.9 Å². The first-order chi connectivity index (χ1) is 12.5. The van der Waals surface area contributed by atoms with E-state index in [1.165, 1.54) is 34.9 Å². The van der Waals surface area contributed by atoms with Crippen molar-refractivity contribution in [2.45, 2.75) is 0 Å². The molecule has 1 heterocycles. The Balaban J connectivity index is 1.82. The van der Waals surface area contributed by atoms with Crippen LogP contribution in [0, 0.1) is 5.82 Å². The number of anilines is 1. The summed E-state index contributed by atoms with van der Waals surface area (Å²) in [6.07, 6.45) is 3.42. The number of nitrogens with zero attached hydrogens (tertiary/aromatic N) is 1. The lowest BCUT2D eigenvalue weighted by molar-refractivity contribution is -0.113. The quantitative estimate of drug-likeness (QED) is 0.376. The SMILES string of the molecule is C=CCOc1ccc(/C=C2\SC(=S)N(c3ccc(F)c(Cl)c3)C2=O)cc1. The minimum atomic E-state index is -0.546. The highest BCUT2D eigenvalue weighted by molar-refractivity contribution is 8.27. The van der Waals surface area contributed by atoms with Gasteiger partial charge in [0.25, 0.3) is 5.91 Å². The molecule has 26 heavy (non-hydrogen) atoms. The Kier molecular flexibility index (Phi) is 5.76. The molecule has 3 rings (SSSR count). The van der Waals surface area contributed by atoms with Gasteiger partial charge in [-0.3, -0.25) is 9.69 Å². The van der Waals surface area contributed by atoms with E-state index in [4.69, 9.17) is 28.6 Å². The van der Waals surface area contributed by atoms with E-state index in [2.05, 4.69) is 6.58 Å². The Morgan fingerprint density at radius 2 is 2.00 bits per heavy atom. The van der Waals surface area contributed by atoms with Crippen LogP contribution < -0.4 is 9.64 Å². The lowest BCUT2D eigenvalue weighted by Gasteiger charge is -2.14. The van der Waals surface area contributed by atoms with Crippen molar-refractivity contribution in [2.75, 3.05) is 11.5 Å². The summed E-state index contributed by atoms with van der Waals surface area (Å²) in [6, 6.07) is 11.4. The molecule has 1 saturated heterocycles. The van der Waals surface area contributed by atoms with Gasteiger partial charge in [-0.1, -0.05) is 60.4 Å². The maximum atomic E-state index is 13.4. The molecule has 0 atom stereocenters. The third-order valence-corrected chi connectivity index (χ3v) is 5.09. The number of carbonyl (C=O) groups is 1. The third-order valence-electron chi connectivity index (χ3n) is 3.50. The van der Waals surface area contributed by atoms with Gasteiger partial charge in [0.15, 0.2) is 4.32 Å². The molecule has 2 aromatic carbocycles. The minimum absolute atomic E-state index is 0.0596. The van der Waals surface area contributed by atoms with E-state index in [9.17, 15) is 9.18 Å². The van der Waals surface area contributed by atoms with Crippen LogP contribution in [0.5, 0.6) is 5.75 Å². The number of rotatable bonds is 5. The normalized spacial score (nSPS) is 15.6. The summed E-state index contributed by atoms with van der Waals surface area (Å²) in [7, 11) is 0. The topological polar surface area (TPSA) is 29.5 Å². The summed E-state index contributed by atoms with van der Waals surface area (Å²) in [6.45, 7) is 4.03. The van der Waals surface area contributed by atoms with Gasteiger partial charge in [0.05, 0.1) is 15.6 Å². The van der Waals surface area contributed by atoms with Crippen molar-refractivity contribution in [3.05, 3.63) is 76.4 Å². The van der Waals surface area contributed by atoms with Crippen LogP contribution in [0.25, 0.3) is 6.08 Å². The van der Waals surface area contributed by atoms with Gasteiger partial charge < -0.3 is 4.74 Å². The number of benzene rings is 2. The van der Waals surface area contributed by atoms with E-state index in [0.717, 1.165) is 11.3 Å². The zero-order chi connectivity index (χ0) is 18.7. The molecule has 7 heteroatoms. The van der Waals surface area contributed by atoms with Crippen LogP contribution in [0.2, 0.25) is 5.02 Å². The summed E-state index contributed by atoms with van der Waals surface area (Å²) in [5.41, 5.74) is 1.28. The molecule has 0 N–H and O–H groups in total. The Bertz CT molecular complexity index is 912. The monoisotopic (exact) mass is 405 g/mol. The van der Waals surface area contributed by atoms with Gasteiger partial charge in [0, 0.05) is 0 Å². The zero-order valence-electron chi connectivity index (χ0n) is 13.4. The van der Waals surface area contributed by atoms with Gasteiger partial charge in [-0.2, -0.15) is 0 Å². The number of halogens is 2. The Hall–Kier alpha value is -2.15. The second-order valence-corrected chi connectivity index (χ2v) is 7.37. The molecule has 132 valence electrons. The maximum Gasteiger partial charge on any atom is 0.270 e. The lowest BCUT2D eigenvalue weighted by Crippen LogP contribution is -2.27. The highest BCUT2D eigenvalue weighted by Crippen LogP contribution is 2.37. The number of thiocarbonyl (C=S) groups is 1. The molecule has 0 bridgehead atoms. The fourth-order valence-electron chi connectivity index (χ4n) is 2.28. The molecule has 0 saturated carbocycles. The van der Waals surface area contributed by atoms with E-state index in [1.54, 1.807) is 12.2 Å². The van der Waals surface area contributed by atoms with Crippen molar-refractivity contribution in [1.82, 2.24) is 0 Å². The third kappa shape index (κ3) is 3.98. The molecule has 1 aliphatic rings. The highest BCUT2D eigenvalue weighted by atomic mass is 35.5. The molecule has 0 radical (unpaired) electrons. The molecule has 0 aliphatic carbocycles. The van der Waals surface area contributed by atoms with E-state index in [0.29, 0.717) is 21.5 Å². The van der Waals surface area contributed by atoms with Crippen LogP contribution in [0.3, 0.4) is 0 Å². The molecule has 0 unspecified atom stereocenters. The number of hydrogen-bond donors (Lipinski definition) is 0. The average Bonchev–Trinajstić information content (AvgIpc) is 2.90. The Morgan fingerprint density at radius 1 is 1.27 bits per heavy atom. The van der Waals surface area contributed by atoms with Crippen LogP contribution in [0.4, 0.5) is 10.1 Å². The Labute approximate surface area is 165 Å². The summed E-state index contributed by atoms with van der Waals surface area (Å²) in [4.78, 5) is 14.5. The van der Waals surface area contributed by atoms with Crippen molar-refractivity contribution >= 4 is 57.6 Å². The molecule has 0 spiro atoms. The van der Waals surface area contributed by atoms with E-state index >= 15 is 0 Å². The van der Waals surface area contributed by atoms with Crippen molar-refractivity contribution in [2.24, 2.45) is 0 Å². The van der Waals surface area contributed by atoms with Gasteiger partial charge in [-0.05, 0) is 42.0 Å². The van der Waals surface area contributed by atoms with E-state index < -0.39 is 5.82 Å². The van der Waals surface area contributed by atoms with Crippen molar-refractivity contribution in [3.63, 3.8) is 0 Å². The Morgan fingerprint density at radius 3 is 2.65 bits per heavy atom. The first-order valence-corrected chi connectivity index (χ1v) is 9.16. The molecule has 2 aromatic rings. The molecule has 1 fully saturated rings. The number of hydrogen-bond acceptors (Lipinski definition) is 4. The molecular formula is C19H13ClFNO2S2. The van der Waals surface area contributed by atoms with Gasteiger partial charge in [-0.15, -0.1) is 0 Å². The summed E-state index contributed by atoms with van der Waals surface area (Å²) < 4.78 is 19.2. The summed E-state index contributed by atoms with van der Waals surface area (Å²) in [5, 5.41) is -0.0596. The maximum absolute atomic E-state index is 13.4. The number of thioether (sulfide) groups is 1. The number of ether oxygens (including phenoxy) is 1. The van der Waals surface area contributed by atoms with Crippen LogP contribution in [-0.4, -0.2) is 16.8 Å². The van der Waals surface area contributed by atoms with Gasteiger partial charge in [0.2, 0.25) is 0 Å². The molecule has 0 aromatic heterocycles. The fraction of sp³-hybridized carbons (Fsp3) is 0.0526. The average molecular weight is 406 g/mol. The minimum Gasteiger partial charge on any atom is -0.490 e. The van der Waals surface area contributed by atoms with Crippen LogP contribution in [0.15, 0.2) is 60.0 Å². The van der Waals surface area contributed by atoms with Crippen molar-refractivity contribution < 1.29 is 13.9 Å². The molecule has 3 nitrogen and oxygen atoms in total. The first kappa shape index (κ1) is 18.6. The largest absolute Gasteiger partial charge is 0.490 e. The second kappa shape index (κ2) is 8.03.